The van der Waals surface area contributed by atoms with Crippen LogP contribution in [0.5, 0.6) is 0 Å². The number of anilines is 1. The van der Waals surface area contributed by atoms with Crippen LogP contribution in [0.1, 0.15) is 19.7 Å². The Kier molecular flexibility index (Phi) is 3.44. The molecule has 0 aliphatic rings. The molecular formula is C8H13F3N4S. The van der Waals surface area contributed by atoms with Crippen molar-refractivity contribution in [2.24, 2.45) is 5.73 Å². The molecular weight excluding hydrogens is 241 g/mol. The largest absolute Gasteiger partial charge is 0.452 e. The normalized spacial score (nSPS) is 12.9. The van der Waals surface area contributed by atoms with Gasteiger partial charge in [0.1, 0.15) is 0 Å². The molecule has 0 aliphatic heterocycles. The van der Waals surface area contributed by atoms with Gasteiger partial charge in [-0.2, -0.15) is 22.5 Å². The van der Waals surface area contributed by atoms with Gasteiger partial charge in [-0.1, -0.05) is 0 Å². The van der Waals surface area contributed by atoms with Crippen molar-refractivity contribution in [3.63, 3.8) is 0 Å². The average Bonchev–Trinajstić information content (AvgIpc) is 2.64. The van der Waals surface area contributed by atoms with Crippen LogP contribution in [0, 0.1) is 0 Å². The van der Waals surface area contributed by atoms with Crippen LogP contribution in [0.2, 0.25) is 0 Å². The van der Waals surface area contributed by atoms with Gasteiger partial charge >= 0.3 is 6.18 Å². The lowest BCUT2D eigenvalue weighted by Crippen LogP contribution is -2.47. The Morgan fingerprint density at radius 2 is 1.94 bits per heavy atom. The average molecular weight is 254 g/mol. The summed E-state index contributed by atoms with van der Waals surface area (Å²) in [6.07, 6.45) is -4.50. The zero-order valence-corrected chi connectivity index (χ0v) is 9.98. The summed E-state index contributed by atoms with van der Waals surface area (Å²) < 4.78 is 40.1. The zero-order chi connectivity index (χ0) is 12.6. The predicted octanol–water partition coefficient (Wildman–Crippen LogP) is 1.73. The van der Waals surface area contributed by atoms with Crippen LogP contribution in [0.15, 0.2) is 0 Å². The number of aromatic nitrogens is 2. The maximum atomic E-state index is 12.3. The third-order valence-electron chi connectivity index (χ3n) is 2.36. The van der Waals surface area contributed by atoms with Gasteiger partial charge in [-0.05, 0) is 13.8 Å². The standard InChI is InChI=1S/C8H13F3N4S/c1-7(2,4-12)15(3)6-13-5(14-16-6)8(9,10)11/h4,12H2,1-3H3. The van der Waals surface area contributed by atoms with Crippen molar-refractivity contribution in [2.75, 3.05) is 18.5 Å². The highest BCUT2D eigenvalue weighted by molar-refractivity contribution is 7.09. The predicted molar refractivity (Wildman–Crippen MR) is 56.4 cm³/mol. The van der Waals surface area contributed by atoms with Crippen molar-refractivity contribution in [3.05, 3.63) is 5.82 Å². The maximum Gasteiger partial charge on any atom is 0.452 e. The fourth-order valence-electron chi connectivity index (χ4n) is 0.863. The van der Waals surface area contributed by atoms with Crippen LogP contribution in [0.4, 0.5) is 18.3 Å². The highest BCUT2D eigenvalue weighted by Gasteiger charge is 2.37. The fourth-order valence-corrected chi connectivity index (χ4v) is 1.67. The van der Waals surface area contributed by atoms with Gasteiger partial charge in [0.25, 0.3) is 0 Å². The quantitative estimate of drug-likeness (QED) is 0.892. The minimum absolute atomic E-state index is 0.211. The Morgan fingerprint density at radius 1 is 1.38 bits per heavy atom. The van der Waals surface area contributed by atoms with E-state index in [1.54, 1.807) is 11.9 Å². The molecule has 0 atom stereocenters. The van der Waals surface area contributed by atoms with Crippen molar-refractivity contribution in [2.45, 2.75) is 25.6 Å². The van der Waals surface area contributed by atoms with Crippen molar-refractivity contribution in [3.8, 4) is 0 Å². The molecule has 16 heavy (non-hydrogen) atoms. The number of alkyl halides is 3. The maximum absolute atomic E-state index is 12.3. The van der Waals surface area contributed by atoms with Crippen LogP contribution in [0.3, 0.4) is 0 Å². The summed E-state index contributed by atoms with van der Waals surface area (Å²) in [7, 11) is 1.65. The van der Waals surface area contributed by atoms with E-state index in [0.717, 1.165) is 0 Å². The molecule has 0 spiro atoms. The van der Waals surface area contributed by atoms with E-state index in [9.17, 15) is 13.2 Å². The first-order valence-corrected chi connectivity index (χ1v) is 5.30. The van der Waals surface area contributed by atoms with E-state index >= 15 is 0 Å². The Bertz CT molecular complexity index is 360. The lowest BCUT2D eigenvalue weighted by Gasteiger charge is -2.33. The second-order valence-electron chi connectivity index (χ2n) is 3.97. The molecule has 1 aromatic heterocycles. The summed E-state index contributed by atoms with van der Waals surface area (Å²) in [5.74, 6) is -1.10. The van der Waals surface area contributed by atoms with Crippen molar-refractivity contribution in [1.82, 2.24) is 9.36 Å². The molecule has 0 bridgehead atoms. The molecule has 0 saturated heterocycles. The highest BCUT2D eigenvalue weighted by atomic mass is 32.1. The van der Waals surface area contributed by atoms with Gasteiger partial charge in [0.2, 0.25) is 11.0 Å². The van der Waals surface area contributed by atoms with E-state index < -0.39 is 17.5 Å². The molecule has 0 unspecified atom stereocenters. The fraction of sp³-hybridized carbons (Fsp3) is 0.750. The second kappa shape index (κ2) is 4.17. The molecule has 0 fully saturated rings. The number of nitrogens with zero attached hydrogens (tertiary/aromatic N) is 3. The molecule has 4 nitrogen and oxygen atoms in total. The summed E-state index contributed by atoms with van der Waals surface area (Å²) in [6.45, 7) is 3.95. The highest BCUT2D eigenvalue weighted by Crippen LogP contribution is 2.31. The summed E-state index contributed by atoms with van der Waals surface area (Å²) in [4.78, 5) is 5.05. The molecule has 2 N–H and O–H groups in total. The molecule has 0 radical (unpaired) electrons. The number of hydrogen-bond acceptors (Lipinski definition) is 5. The lowest BCUT2D eigenvalue weighted by molar-refractivity contribution is -0.144. The number of likely N-dealkylation sites (N-methyl/N-ethyl adjacent to an activating group) is 1. The minimum atomic E-state index is -4.50. The molecule has 1 heterocycles. The first-order valence-electron chi connectivity index (χ1n) is 4.53. The van der Waals surface area contributed by atoms with Gasteiger partial charge in [-0.25, -0.2) is 0 Å². The van der Waals surface area contributed by atoms with Gasteiger partial charge in [0.05, 0.1) is 0 Å². The van der Waals surface area contributed by atoms with E-state index in [-0.39, 0.29) is 5.13 Å². The molecule has 0 aliphatic carbocycles. The third-order valence-corrected chi connectivity index (χ3v) is 3.16. The summed E-state index contributed by atoms with van der Waals surface area (Å²) >= 11 is 0.716. The molecule has 0 amide bonds. The smallest absolute Gasteiger partial charge is 0.344 e. The minimum Gasteiger partial charge on any atom is -0.344 e. The Morgan fingerprint density at radius 3 is 2.31 bits per heavy atom. The topological polar surface area (TPSA) is 55.0 Å². The molecule has 1 aromatic rings. The van der Waals surface area contributed by atoms with Gasteiger partial charge < -0.3 is 10.6 Å². The lowest BCUT2D eigenvalue weighted by atomic mass is 10.1. The molecule has 8 heteroatoms. The molecule has 0 aromatic carbocycles. The Labute approximate surface area is 95.4 Å². The van der Waals surface area contributed by atoms with Crippen molar-refractivity contribution >= 4 is 16.7 Å². The Hall–Kier alpha value is -0.890. The summed E-state index contributed by atoms with van der Waals surface area (Å²) in [6, 6.07) is 0. The number of halogens is 3. The van der Waals surface area contributed by atoms with E-state index in [4.69, 9.17) is 5.73 Å². The monoisotopic (exact) mass is 254 g/mol. The number of hydrogen-bond donors (Lipinski definition) is 1. The van der Waals surface area contributed by atoms with E-state index in [1.807, 2.05) is 13.8 Å². The van der Waals surface area contributed by atoms with Crippen molar-refractivity contribution < 1.29 is 13.2 Å². The van der Waals surface area contributed by atoms with Crippen LogP contribution >= 0.6 is 11.5 Å². The number of nitrogens with two attached hydrogens (primary N) is 1. The van der Waals surface area contributed by atoms with Gasteiger partial charge in [0.15, 0.2) is 0 Å². The first-order chi connectivity index (χ1) is 7.18. The van der Waals surface area contributed by atoms with Crippen molar-refractivity contribution in [1.29, 1.82) is 0 Å². The van der Waals surface area contributed by atoms with Gasteiger partial charge in [-0.15, -0.1) is 0 Å². The molecule has 1 rings (SSSR count). The molecule has 0 saturated carbocycles. The van der Waals surface area contributed by atoms with Crippen LogP contribution in [-0.4, -0.2) is 28.5 Å². The summed E-state index contributed by atoms with van der Waals surface area (Å²) in [5.41, 5.74) is 5.07. The first kappa shape index (κ1) is 13.2. The van der Waals surface area contributed by atoms with Crippen LogP contribution < -0.4 is 10.6 Å². The van der Waals surface area contributed by atoms with E-state index in [0.29, 0.717) is 18.1 Å². The van der Waals surface area contributed by atoms with E-state index in [1.165, 1.54) is 0 Å². The summed E-state index contributed by atoms with van der Waals surface area (Å²) in [5, 5.41) is 0.211. The van der Waals surface area contributed by atoms with Crippen LogP contribution in [-0.2, 0) is 6.18 Å². The Balaban J connectivity index is 2.95. The number of rotatable bonds is 3. The van der Waals surface area contributed by atoms with Gasteiger partial charge in [-0.3, -0.25) is 0 Å². The van der Waals surface area contributed by atoms with Crippen LogP contribution in [0.25, 0.3) is 0 Å². The second-order valence-corrected chi connectivity index (χ2v) is 4.70. The van der Waals surface area contributed by atoms with E-state index in [2.05, 4.69) is 9.36 Å². The molecule has 92 valence electrons. The van der Waals surface area contributed by atoms with Gasteiger partial charge in [0, 0.05) is 30.7 Å². The zero-order valence-electron chi connectivity index (χ0n) is 9.17. The SMILES string of the molecule is CN(c1nc(C(F)(F)F)ns1)C(C)(C)CN. The third kappa shape index (κ3) is 2.62.